The van der Waals surface area contributed by atoms with Crippen LogP contribution in [-0.4, -0.2) is 5.91 Å². The molecule has 0 saturated heterocycles. The third kappa shape index (κ3) is 3.31. The Labute approximate surface area is 87.3 Å². The third-order valence-corrected chi connectivity index (χ3v) is 1.99. The SMILES string of the molecule is CC(C)C(=O)NCc1cc(F)ccc1F. The van der Waals surface area contributed by atoms with Gasteiger partial charge in [0.1, 0.15) is 11.6 Å². The zero-order valence-electron chi connectivity index (χ0n) is 8.68. The predicted octanol–water partition coefficient (Wildman–Crippen LogP) is 2.24. The van der Waals surface area contributed by atoms with Crippen molar-refractivity contribution in [1.29, 1.82) is 0 Å². The van der Waals surface area contributed by atoms with Gasteiger partial charge >= 0.3 is 0 Å². The fourth-order valence-electron chi connectivity index (χ4n) is 1.07. The van der Waals surface area contributed by atoms with Gasteiger partial charge in [-0.3, -0.25) is 4.79 Å². The molecule has 82 valence electrons. The van der Waals surface area contributed by atoms with E-state index in [1.54, 1.807) is 13.8 Å². The van der Waals surface area contributed by atoms with Crippen LogP contribution in [0.15, 0.2) is 18.2 Å². The van der Waals surface area contributed by atoms with E-state index in [1.807, 2.05) is 0 Å². The van der Waals surface area contributed by atoms with Crippen LogP contribution in [0, 0.1) is 17.6 Å². The number of nitrogens with one attached hydrogen (secondary N) is 1. The summed E-state index contributed by atoms with van der Waals surface area (Å²) in [6.07, 6.45) is 0. The van der Waals surface area contributed by atoms with E-state index in [0.29, 0.717) is 0 Å². The maximum absolute atomic E-state index is 13.1. The van der Waals surface area contributed by atoms with Crippen LogP contribution in [-0.2, 0) is 11.3 Å². The molecule has 0 radical (unpaired) electrons. The molecular weight excluding hydrogens is 200 g/mol. The lowest BCUT2D eigenvalue weighted by atomic mass is 10.1. The van der Waals surface area contributed by atoms with Crippen LogP contribution < -0.4 is 5.32 Å². The van der Waals surface area contributed by atoms with E-state index < -0.39 is 11.6 Å². The molecule has 1 rings (SSSR count). The molecule has 0 saturated carbocycles. The molecule has 1 N–H and O–H groups in total. The summed E-state index contributed by atoms with van der Waals surface area (Å²) in [5, 5.41) is 2.52. The summed E-state index contributed by atoms with van der Waals surface area (Å²) >= 11 is 0. The van der Waals surface area contributed by atoms with Crippen molar-refractivity contribution in [2.75, 3.05) is 0 Å². The number of rotatable bonds is 3. The van der Waals surface area contributed by atoms with Crippen LogP contribution in [0.5, 0.6) is 0 Å². The highest BCUT2D eigenvalue weighted by Crippen LogP contribution is 2.09. The van der Waals surface area contributed by atoms with Crippen molar-refractivity contribution in [2.24, 2.45) is 5.92 Å². The first-order valence-electron chi connectivity index (χ1n) is 4.72. The lowest BCUT2D eigenvalue weighted by molar-refractivity contribution is -0.124. The molecule has 0 atom stereocenters. The van der Waals surface area contributed by atoms with Gasteiger partial charge in [0.15, 0.2) is 0 Å². The summed E-state index contributed by atoms with van der Waals surface area (Å²) in [6.45, 7) is 3.48. The molecule has 1 aromatic rings. The normalized spacial score (nSPS) is 10.5. The molecule has 0 fully saturated rings. The fraction of sp³-hybridized carbons (Fsp3) is 0.364. The summed E-state index contributed by atoms with van der Waals surface area (Å²) in [4.78, 5) is 11.2. The topological polar surface area (TPSA) is 29.1 Å². The maximum atomic E-state index is 13.1. The Morgan fingerprint density at radius 1 is 1.40 bits per heavy atom. The van der Waals surface area contributed by atoms with E-state index in [2.05, 4.69) is 5.32 Å². The lowest BCUT2D eigenvalue weighted by Crippen LogP contribution is -2.27. The minimum Gasteiger partial charge on any atom is -0.352 e. The van der Waals surface area contributed by atoms with Gasteiger partial charge in [0.25, 0.3) is 0 Å². The monoisotopic (exact) mass is 213 g/mol. The van der Waals surface area contributed by atoms with Crippen molar-refractivity contribution in [1.82, 2.24) is 5.32 Å². The first-order chi connectivity index (χ1) is 7.00. The third-order valence-electron chi connectivity index (χ3n) is 1.99. The van der Waals surface area contributed by atoms with Crippen LogP contribution >= 0.6 is 0 Å². The average Bonchev–Trinajstić information content (AvgIpc) is 2.18. The van der Waals surface area contributed by atoms with Gasteiger partial charge < -0.3 is 5.32 Å². The highest BCUT2D eigenvalue weighted by molar-refractivity contribution is 5.77. The number of hydrogen-bond acceptors (Lipinski definition) is 1. The van der Waals surface area contributed by atoms with Crippen molar-refractivity contribution in [3.05, 3.63) is 35.4 Å². The molecule has 0 aliphatic heterocycles. The van der Waals surface area contributed by atoms with Gasteiger partial charge in [-0.15, -0.1) is 0 Å². The van der Waals surface area contributed by atoms with Crippen molar-refractivity contribution in [3.8, 4) is 0 Å². The number of carbonyl (C=O) groups is 1. The summed E-state index contributed by atoms with van der Waals surface area (Å²) in [5.74, 6) is -1.37. The van der Waals surface area contributed by atoms with E-state index in [1.165, 1.54) is 0 Å². The van der Waals surface area contributed by atoms with E-state index >= 15 is 0 Å². The summed E-state index contributed by atoms with van der Waals surface area (Å²) in [5.41, 5.74) is 0.156. The Morgan fingerprint density at radius 3 is 2.67 bits per heavy atom. The zero-order chi connectivity index (χ0) is 11.4. The van der Waals surface area contributed by atoms with Crippen LogP contribution in [0.2, 0.25) is 0 Å². The summed E-state index contributed by atoms with van der Waals surface area (Å²) < 4.78 is 25.9. The van der Waals surface area contributed by atoms with Crippen LogP contribution in [0.1, 0.15) is 19.4 Å². The number of hydrogen-bond donors (Lipinski definition) is 1. The zero-order valence-corrected chi connectivity index (χ0v) is 8.68. The smallest absolute Gasteiger partial charge is 0.222 e. The molecule has 4 heteroatoms. The highest BCUT2D eigenvalue weighted by atomic mass is 19.1. The predicted molar refractivity (Wildman–Crippen MR) is 53.0 cm³/mol. The van der Waals surface area contributed by atoms with Gasteiger partial charge in [-0.2, -0.15) is 0 Å². The standard InChI is InChI=1S/C11H13F2NO/c1-7(2)11(15)14-6-8-5-9(12)3-4-10(8)13/h3-5,7H,6H2,1-2H3,(H,14,15). The van der Waals surface area contributed by atoms with E-state index in [9.17, 15) is 13.6 Å². The molecule has 0 aliphatic rings. The Morgan fingerprint density at radius 2 is 2.07 bits per heavy atom. The average molecular weight is 213 g/mol. The van der Waals surface area contributed by atoms with Crippen molar-refractivity contribution < 1.29 is 13.6 Å². The second kappa shape index (κ2) is 4.87. The second-order valence-electron chi connectivity index (χ2n) is 3.61. The Kier molecular flexibility index (Phi) is 3.77. The Hall–Kier alpha value is -1.45. The molecule has 0 spiro atoms. The molecule has 1 aromatic carbocycles. The van der Waals surface area contributed by atoms with Crippen LogP contribution in [0.4, 0.5) is 8.78 Å². The van der Waals surface area contributed by atoms with Crippen LogP contribution in [0.3, 0.4) is 0 Å². The molecule has 0 aromatic heterocycles. The van der Waals surface area contributed by atoms with Gasteiger partial charge in [-0.05, 0) is 18.2 Å². The van der Waals surface area contributed by atoms with Gasteiger partial charge in [0.2, 0.25) is 5.91 Å². The highest BCUT2D eigenvalue weighted by Gasteiger charge is 2.08. The van der Waals surface area contributed by atoms with Crippen LogP contribution in [0.25, 0.3) is 0 Å². The first-order valence-corrected chi connectivity index (χ1v) is 4.72. The lowest BCUT2D eigenvalue weighted by Gasteiger charge is -2.08. The minimum absolute atomic E-state index is 0.0145. The molecule has 2 nitrogen and oxygen atoms in total. The summed E-state index contributed by atoms with van der Waals surface area (Å²) in [7, 11) is 0. The molecule has 15 heavy (non-hydrogen) atoms. The van der Waals surface area contributed by atoms with Gasteiger partial charge in [0, 0.05) is 18.0 Å². The Bertz CT molecular complexity index is 364. The van der Waals surface area contributed by atoms with Crippen molar-refractivity contribution in [3.63, 3.8) is 0 Å². The molecule has 0 unspecified atom stereocenters. The van der Waals surface area contributed by atoms with E-state index in [-0.39, 0.29) is 23.9 Å². The molecule has 0 heterocycles. The first kappa shape index (κ1) is 11.6. The number of halogens is 2. The van der Waals surface area contributed by atoms with Crippen molar-refractivity contribution in [2.45, 2.75) is 20.4 Å². The van der Waals surface area contributed by atoms with E-state index in [4.69, 9.17) is 0 Å². The van der Waals surface area contributed by atoms with E-state index in [0.717, 1.165) is 18.2 Å². The quantitative estimate of drug-likeness (QED) is 0.819. The minimum atomic E-state index is -0.513. The van der Waals surface area contributed by atoms with Crippen molar-refractivity contribution >= 4 is 5.91 Å². The number of amides is 1. The van der Waals surface area contributed by atoms with Gasteiger partial charge in [-0.1, -0.05) is 13.8 Å². The summed E-state index contributed by atoms with van der Waals surface area (Å²) in [6, 6.07) is 3.17. The Balaban J connectivity index is 2.65. The van der Waals surface area contributed by atoms with Gasteiger partial charge in [-0.25, -0.2) is 8.78 Å². The van der Waals surface area contributed by atoms with Gasteiger partial charge in [0.05, 0.1) is 0 Å². The second-order valence-corrected chi connectivity index (χ2v) is 3.61. The maximum Gasteiger partial charge on any atom is 0.222 e. The molecule has 0 aliphatic carbocycles. The number of carbonyl (C=O) groups excluding carboxylic acids is 1. The molecule has 0 bridgehead atoms. The number of benzene rings is 1. The largest absolute Gasteiger partial charge is 0.352 e. The molecule has 1 amide bonds. The fourth-order valence-corrected chi connectivity index (χ4v) is 1.07. The molecular formula is C11H13F2NO.